The summed E-state index contributed by atoms with van der Waals surface area (Å²) >= 11 is 3.39. The second-order valence-electron chi connectivity index (χ2n) is 7.69. The van der Waals surface area contributed by atoms with Crippen LogP contribution in [0.15, 0.2) is 53.0 Å². The Balaban J connectivity index is 1.58. The fourth-order valence-corrected chi connectivity index (χ4v) is 3.70. The number of nitrogens with one attached hydrogen (secondary N) is 2. The lowest BCUT2D eigenvalue weighted by Crippen LogP contribution is -2.52. The zero-order chi connectivity index (χ0) is 20.1. The fourth-order valence-electron chi connectivity index (χ4n) is 3.44. The molecule has 0 spiro atoms. The smallest absolute Gasteiger partial charge is 0.321 e. The Labute approximate surface area is 174 Å². The Morgan fingerprint density at radius 1 is 1.11 bits per heavy atom. The van der Waals surface area contributed by atoms with Gasteiger partial charge < -0.3 is 15.5 Å². The number of benzene rings is 2. The summed E-state index contributed by atoms with van der Waals surface area (Å²) in [5.41, 5.74) is 2.43. The lowest BCUT2D eigenvalue weighted by molar-refractivity contribution is -0.132. The molecular formula is C22H26BrN3O2. The number of rotatable bonds is 4. The molecular weight excluding hydrogens is 418 g/mol. The molecule has 0 radical (unpaired) electrons. The molecule has 28 heavy (non-hydrogen) atoms. The highest BCUT2D eigenvalue weighted by molar-refractivity contribution is 9.10. The van der Waals surface area contributed by atoms with E-state index in [1.807, 2.05) is 62.4 Å². The van der Waals surface area contributed by atoms with Crippen LogP contribution in [0.1, 0.15) is 30.9 Å². The van der Waals surface area contributed by atoms with Crippen LogP contribution in [-0.2, 0) is 11.3 Å². The van der Waals surface area contributed by atoms with Crippen molar-refractivity contribution >= 4 is 33.6 Å². The molecule has 3 rings (SSSR count). The molecule has 1 heterocycles. The standard InChI is InChI=1S/C22H26BrN3O2/c1-16-4-6-17(7-5-16)14-24-20(27)22(2)12-3-13-26(15-22)21(28)25-19-10-8-18(23)9-11-19/h4-11H,3,12-15H2,1-2H3,(H,24,27)(H,25,28)/t22-/m0/s1. The molecule has 1 aliphatic heterocycles. The highest BCUT2D eigenvalue weighted by Gasteiger charge is 2.39. The first-order valence-electron chi connectivity index (χ1n) is 9.51. The Morgan fingerprint density at radius 2 is 1.79 bits per heavy atom. The van der Waals surface area contributed by atoms with Crippen molar-refractivity contribution in [1.29, 1.82) is 0 Å². The molecule has 148 valence electrons. The molecule has 0 bridgehead atoms. The van der Waals surface area contributed by atoms with Crippen molar-refractivity contribution in [2.24, 2.45) is 5.41 Å². The Hall–Kier alpha value is -2.34. The van der Waals surface area contributed by atoms with Gasteiger partial charge in [-0.15, -0.1) is 0 Å². The summed E-state index contributed by atoms with van der Waals surface area (Å²) in [5, 5.41) is 5.95. The summed E-state index contributed by atoms with van der Waals surface area (Å²) < 4.78 is 0.960. The number of likely N-dealkylation sites (tertiary alicyclic amines) is 1. The third-order valence-corrected chi connectivity index (χ3v) is 5.73. The number of piperidine rings is 1. The van der Waals surface area contributed by atoms with E-state index in [4.69, 9.17) is 0 Å². The number of nitrogens with zero attached hydrogens (tertiary/aromatic N) is 1. The van der Waals surface area contributed by atoms with E-state index >= 15 is 0 Å². The van der Waals surface area contributed by atoms with Crippen molar-refractivity contribution in [2.45, 2.75) is 33.2 Å². The Bertz CT molecular complexity index is 836. The van der Waals surface area contributed by atoms with Crippen molar-refractivity contribution < 1.29 is 9.59 Å². The lowest BCUT2D eigenvalue weighted by atomic mass is 9.81. The minimum Gasteiger partial charge on any atom is -0.351 e. The molecule has 0 aromatic heterocycles. The number of amides is 3. The number of urea groups is 1. The van der Waals surface area contributed by atoms with Gasteiger partial charge in [0.25, 0.3) is 0 Å². The van der Waals surface area contributed by atoms with Crippen LogP contribution in [0, 0.1) is 12.3 Å². The van der Waals surface area contributed by atoms with Crippen molar-refractivity contribution in [3.05, 3.63) is 64.1 Å². The van der Waals surface area contributed by atoms with Gasteiger partial charge in [-0.3, -0.25) is 4.79 Å². The maximum Gasteiger partial charge on any atom is 0.321 e. The summed E-state index contributed by atoms with van der Waals surface area (Å²) in [6.45, 7) is 5.55. The first-order valence-corrected chi connectivity index (χ1v) is 10.3. The van der Waals surface area contributed by atoms with Crippen LogP contribution in [0.2, 0.25) is 0 Å². The largest absolute Gasteiger partial charge is 0.351 e. The second-order valence-corrected chi connectivity index (χ2v) is 8.61. The number of carbonyl (C=O) groups is 2. The molecule has 2 N–H and O–H groups in total. The van der Waals surface area contributed by atoms with Crippen LogP contribution in [0.25, 0.3) is 0 Å². The summed E-state index contributed by atoms with van der Waals surface area (Å²) in [6, 6.07) is 15.4. The van der Waals surface area contributed by atoms with E-state index in [1.165, 1.54) is 5.56 Å². The highest BCUT2D eigenvalue weighted by Crippen LogP contribution is 2.30. The molecule has 1 fully saturated rings. The quantitative estimate of drug-likeness (QED) is 0.718. The third kappa shape index (κ3) is 5.13. The number of halogens is 1. The molecule has 1 saturated heterocycles. The summed E-state index contributed by atoms with van der Waals surface area (Å²) in [6.07, 6.45) is 1.58. The molecule has 0 unspecified atom stereocenters. The van der Waals surface area contributed by atoms with Crippen molar-refractivity contribution in [2.75, 3.05) is 18.4 Å². The van der Waals surface area contributed by atoms with Gasteiger partial charge in [0.1, 0.15) is 0 Å². The van der Waals surface area contributed by atoms with E-state index in [0.29, 0.717) is 19.6 Å². The minimum atomic E-state index is -0.583. The number of anilines is 1. The molecule has 6 heteroatoms. The molecule has 0 aliphatic carbocycles. The van der Waals surface area contributed by atoms with Gasteiger partial charge in [-0.2, -0.15) is 0 Å². The van der Waals surface area contributed by atoms with E-state index in [1.54, 1.807) is 4.90 Å². The van der Waals surface area contributed by atoms with Gasteiger partial charge in [-0.1, -0.05) is 45.8 Å². The van der Waals surface area contributed by atoms with E-state index < -0.39 is 5.41 Å². The Morgan fingerprint density at radius 3 is 2.46 bits per heavy atom. The van der Waals surface area contributed by atoms with Crippen LogP contribution in [0.5, 0.6) is 0 Å². The average Bonchev–Trinajstić information content (AvgIpc) is 2.69. The van der Waals surface area contributed by atoms with Crippen LogP contribution in [0.4, 0.5) is 10.5 Å². The predicted octanol–water partition coefficient (Wildman–Crippen LogP) is 4.71. The topological polar surface area (TPSA) is 61.4 Å². The zero-order valence-electron chi connectivity index (χ0n) is 16.3. The lowest BCUT2D eigenvalue weighted by Gasteiger charge is -2.39. The maximum atomic E-state index is 12.8. The average molecular weight is 444 g/mol. The van der Waals surface area contributed by atoms with Crippen LogP contribution in [-0.4, -0.2) is 29.9 Å². The normalized spacial score (nSPS) is 19.2. The van der Waals surface area contributed by atoms with Crippen molar-refractivity contribution in [3.63, 3.8) is 0 Å². The summed E-state index contributed by atoms with van der Waals surface area (Å²) in [5.74, 6) is -0.00535. The monoisotopic (exact) mass is 443 g/mol. The number of carbonyl (C=O) groups excluding carboxylic acids is 2. The maximum absolute atomic E-state index is 12.8. The van der Waals surface area contributed by atoms with Gasteiger partial charge in [0.2, 0.25) is 5.91 Å². The molecule has 3 amide bonds. The van der Waals surface area contributed by atoms with Gasteiger partial charge in [0.15, 0.2) is 0 Å². The molecule has 1 aliphatic rings. The van der Waals surface area contributed by atoms with Crippen molar-refractivity contribution in [1.82, 2.24) is 10.2 Å². The number of hydrogen-bond acceptors (Lipinski definition) is 2. The van der Waals surface area contributed by atoms with Crippen LogP contribution < -0.4 is 10.6 Å². The molecule has 5 nitrogen and oxygen atoms in total. The minimum absolute atomic E-state index is 0.00535. The predicted molar refractivity (Wildman–Crippen MR) is 115 cm³/mol. The molecule has 0 saturated carbocycles. The number of hydrogen-bond donors (Lipinski definition) is 2. The first kappa shape index (κ1) is 20.4. The molecule has 2 aromatic carbocycles. The van der Waals surface area contributed by atoms with Gasteiger partial charge in [-0.25, -0.2) is 4.79 Å². The van der Waals surface area contributed by atoms with E-state index in [-0.39, 0.29) is 11.9 Å². The molecule has 1 atom stereocenters. The highest BCUT2D eigenvalue weighted by atomic mass is 79.9. The van der Waals surface area contributed by atoms with E-state index in [0.717, 1.165) is 28.6 Å². The first-order chi connectivity index (χ1) is 13.4. The zero-order valence-corrected chi connectivity index (χ0v) is 17.9. The third-order valence-electron chi connectivity index (χ3n) is 5.20. The molecule has 2 aromatic rings. The summed E-state index contributed by atoms with van der Waals surface area (Å²) in [7, 11) is 0. The van der Waals surface area contributed by atoms with Gasteiger partial charge in [0.05, 0.1) is 5.41 Å². The fraction of sp³-hybridized carbons (Fsp3) is 0.364. The number of aryl methyl sites for hydroxylation is 1. The van der Waals surface area contributed by atoms with Crippen molar-refractivity contribution in [3.8, 4) is 0 Å². The van der Waals surface area contributed by atoms with Gasteiger partial charge in [-0.05, 0) is 56.5 Å². The van der Waals surface area contributed by atoms with E-state index in [2.05, 4.69) is 26.6 Å². The summed E-state index contributed by atoms with van der Waals surface area (Å²) in [4.78, 5) is 27.2. The Kier molecular flexibility index (Phi) is 6.39. The SMILES string of the molecule is Cc1ccc(CNC(=O)[C@@]2(C)CCCN(C(=O)Nc3ccc(Br)cc3)C2)cc1. The van der Waals surface area contributed by atoms with E-state index in [9.17, 15) is 9.59 Å². The second kappa shape index (κ2) is 8.78. The van der Waals surface area contributed by atoms with Gasteiger partial charge in [0, 0.05) is 29.8 Å². The van der Waals surface area contributed by atoms with Gasteiger partial charge >= 0.3 is 6.03 Å². The van der Waals surface area contributed by atoms with Crippen LogP contribution >= 0.6 is 15.9 Å². The van der Waals surface area contributed by atoms with Crippen LogP contribution in [0.3, 0.4) is 0 Å².